The number of hydrazine groups is 1. The number of methoxy groups -OCH3 is 1. The average molecular weight is 376 g/mol. The predicted octanol–water partition coefficient (Wildman–Crippen LogP) is 1.37. The molecule has 2 aromatic rings. The number of anilines is 1. The fraction of sp³-hybridized carbons (Fsp3) is 0.353. The summed E-state index contributed by atoms with van der Waals surface area (Å²) >= 11 is 1.30. The number of aryl methyl sites for hydroxylation is 1. The van der Waals surface area contributed by atoms with Crippen molar-refractivity contribution in [3.05, 3.63) is 40.4 Å². The van der Waals surface area contributed by atoms with E-state index >= 15 is 0 Å². The SMILES string of the molecule is COc1ccccc1C(=O)NNC(=O)c1sc(N2CCOCC2)nc1C. The number of aromatic nitrogens is 1. The second-order valence-electron chi connectivity index (χ2n) is 5.62. The largest absolute Gasteiger partial charge is 0.496 e. The minimum Gasteiger partial charge on any atom is -0.496 e. The van der Waals surface area contributed by atoms with Crippen LogP contribution in [-0.2, 0) is 4.74 Å². The fourth-order valence-electron chi connectivity index (χ4n) is 2.55. The van der Waals surface area contributed by atoms with Gasteiger partial charge >= 0.3 is 0 Å². The molecular weight excluding hydrogens is 356 g/mol. The molecule has 26 heavy (non-hydrogen) atoms. The van der Waals surface area contributed by atoms with E-state index in [4.69, 9.17) is 9.47 Å². The zero-order valence-electron chi connectivity index (χ0n) is 14.6. The Balaban J connectivity index is 1.65. The lowest BCUT2D eigenvalue weighted by molar-refractivity contribution is 0.0846. The molecule has 1 aliphatic rings. The van der Waals surface area contributed by atoms with Crippen molar-refractivity contribution in [2.45, 2.75) is 6.92 Å². The predicted molar refractivity (Wildman–Crippen MR) is 97.8 cm³/mol. The number of rotatable bonds is 4. The van der Waals surface area contributed by atoms with Gasteiger partial charge in [0.2, 0.25) is 0 Å². The van der Waals surface area contributed by atoms with Crippen LogP contribution in [0.15, 0.2) is 24.3 Å². The van der Waals surface area contributed by atoms with E-state index in [1.165, 1.54) is 18.4 Å². The lowest BCUT2D eigenvalue weighted by Crippen LogP contribution is -2.41. The number of thiazole rings is 1. The Kier molecular flexibility index (Phi) is 5.69. The van der Waals surface area contributed by atoms with E-state index in [0.29, 0.717) is 35.1 Å². The molecule has 0 saturated carbocycles. The quantitative estimate of drug-likeness (QED) is 0.783. The van der Waals surface area contributed by atoms with Crippen molar-refractivity contribution in [1.29, 1.82) is 0 Å². The summed E-state index contributed by atoms with van der Waals surface area (Å²) in [4.78, 5) is 31.7. The van der Waals surface area contributed by atoms with E-state index in [1.54, 1.807) is 31.2 Å². The number of para-hydroxylation sites is 1. The zero-order valence-corrected chi connectivity index (χ0v) is 15.4. The van der Waals surface area contributed by atoms with Crippen LogP contribution in [0, 0.1) is 6.92 Å². The van der Waals surface area contributed by atoms with Gasteiger partial charge in [-0.1, -0.05) is 23.5 Å². The Morgan fingerprint density at radius 1 is 1.19 bits per heavy atom. The van der Waals surface area contributed by atoms with Crippen LogP contribution < -0.4 is 20.5 Å². The van der Waals surface area contributed by atoms with E-state index in [9.17, 15) is 9.59 Å². The maximum Gasteiger partial charge on any atom is 0.281 e. The summed E-state index contributed by atoms with van der Waals surface area (Å²) in [5, 5.41) is 0.784. The van der Waals surface area contributed by atoms with E-state index in [0.717, 1.165) is 18.2 Å². The maximum absolute atomic E-state index is 12.4. The Bertz CT molecular complexity index is 802. The third-order valence-corrected chi connectivity index (χ3v) is 5.13. The molecule has 0 bridgehead atoms. The Morgan fingerprint density at radius 2 is 1.88 bits per heavy atom. The Labute approximate surface area is 155 Å². The summed E-state index contributed by atoms with van der Waals surface area (Å²) in [5.41, 5.74) is 5.82. The molecule has 0 aliphatic carbocycles. The summed E-state index contributed by atoms with van der Waals surface area (Å²) in [6.45, 7) is 4.57. The van der Waals surface area contributed by atoms with Crippen molar-refractivity contribution in [3.63, 3.8) is 0 Å². The van der Waals surface area contributed by atoms with Crippen molar-refractivity contribution in [2.24, 2.45) is 0 Å². The molecule has 0 unspecified atom stereocenters. The summed E-state index contributed by atoms with van der Waals surface area (Å²) in [6.07, 6.45) is 0. The molecule has 0 radical (unpaired) electrons. The van der Waals surface area contributed by atoms with Gasteiger partial charge in [0.05, 0.1) is 31.6 Å². The van der Waals surface area contributed by atoms with Crippen LogP contribution in [-0.4, -0.2) is 50.2 Å². The first-order valence-electron chi connectivity index (χ1n) is 8.14. The second kappa shape index (κ2) is 8.15. The van der Waals surface area contributed by atoms with Crippen molar-refractivity contribution in [1.82, 2.24) is 15.8 Å². The third-order valence-electron chi connectivity index (χ3n) is 3.91. The lowest BCUT2D eigenvalue weighted by Gasteiger charge is -2.25. The van der Waals surface area contributed by atoms with Crippen molar-refractivity contribution in [3.8, 4) is 5.75 Å². The standard InChI is InChI=1S/C17H20N4O4S/c1-11-14(26-17(18-11)21-7-9-25-10-8-21)16(23)20-19-15(22)12-5-3-4-6-13(12)24-2/h3-6H,7-10H2,1-2H3,(H,19,22)(H,20,23). The molecule has 2 heterocycles. The van der Waals surface area contributed by atoms with Gasteiger partial charge < -0.3 is 14.4 Å². The van der Waals surface area contributed by atoms with E-state index in [2.05, 4.69) is 20.7 Å². The first-order valence-corrected chi connectivity index (χ1v) is 8.95. The topological polar surface area (TPSA) is 92.8 Å². The minimum atomic E-state index is -0.452. The van der Waals surface area contributed by atoms with Gasteiger partial charge in [0.1, 0.15) is 10.6 Å². The molecule has 2 N–H and O–H groups in total. The van der Waals surface area contributed by atoms with Gasteiger partial charge in [0, 0.05) is 13.1 Å². The normalized spacial score (nSPS) is 14.0. The van der Waals surface area contributed by atoms with Gasteiger partial charge in [0.25, 0.3) is 11.8 Å². The number of nitrogens with one attached hydrogen (secondary N) is 2. The van der Waals surface area contributed by atoms with Crippen LogP contribution in [0.5, 0.6) is 5.75 Å². The van der Waals surface area contributed by atoms with Gasteiger partial charge in [-0.15, -0.1) is 0 Å². The molecule has 8 nitrogen and oxygen atoms in total. The van der Waals surface area contributed by atoms with Crippen LogP contribution in [0.25, 0.3) is 0 Å². The molecule has 1 aromatic heterocycles. The molecule has 3 rings (SSSR count). The van der Waals surface area contributed by atoms with Crippen LogP contribution >= 0.6 is 11.3 Å². The molecule has 9 heteroatoms. The first kappa shape index (κ1) is 18.2. The molecule has 1 fully saturated rings. The smallest absolute Gasteiger partial charge is 0.281 e. The molecule has 1 saturated heterocycles. The van der Waals surface area contributed by atoms with Crippen molar-refractivity contribution < 1.29 is 19.1 Å². The number of nitrogens with zero attached hydrogens (tertiary/aromatic N) is 2. The summed E-state index contributed by atoms with van der Waals surface area (Å²) in [7, 11) is 1.48. The van der Waals surface area contributed by atoms with Gasteiger partial charge in [-0.3, -0.25) is 20.4 Å². The van der Waals surface area contributed by atoms with Gasteiger partial charge in [-0.25, -0.2) is 4.98 Å². The van der Waals surface area contributed by atoms with E-state index < -0.39 is 11.8 Å². The first-order chi connectivity index (χ1) is 12.6. The summed E-state index contributed by atoms with van der Waals surface area (Å²) in [6, 6.07) is 6.79. The van der Waals surface area contributed by atoms with Crippen LogP contribution in [0.4, 0.5) is 5.13 Å². The molecule has 0 spiro atoms. The molecule has 138 valence electrons. The van der Waals surface area contributed by atoms with Crippen LogP contribution in [0.3, 0.4) is 0 Å². The highest BCUT2D eigenvalue weighted by atomic mass is 32.1. The van der Waals surface area contributed by atoms with E-state index in [1.807, 2.05) is 0 Å². The van der Waals surface area contributed by atoms with Crippen LogP contribution in [0.1, 0.15) is 25.7 Å². The Hall–Kier alpha value is -2.65. The highest BCUT2D eigenvalue weighted by Gasteiger charge is 2.21. The number of benzene rings is 1. The van der Waals surface area contributed by atoms with Crippen molar-refractivity contribution >= 4 is 28.3 Å². The monoisotopic (exact) mass is 376 g/mol. The second-order valence-corrected chi connectivity index (χ2v) is 6.60. The lowest BCUT2D eigenvalue weighted by atomic mass is 10.2. The molecule has 2 amide bonds. The number of hydrogen-bond acceptors (Lipinski definition) is 7. The highest BCUT2D eigenvalue weighted by molar-refractivity contribution is 7.17. The number of hydrogen-bond donors (Lipinski definition) is 2. The van der Waals surface area contributed by atoms with E-state index in [-0.39, 0.29) is 0 Å². The summed E-state index contributed by atoms with van der Waals surface area (Å²) < 4.78 is 10.5. The third kappa shape index (κ3) is 3.94. The Morgan fingerprint density at radius 3 is 2.62 bits per heavy atom. The number of carbonyl (C=O) groups excluding carboxylic acids is 2. The number of ether oxygens (including phenoxy) is 2. The molecule has 1 aliphatic heterocycles. The minimum absolute atomic E-state index is 0.338. The molecule has 1 aromatic carbocycles. The van der Waals surface area contributed by atoms with Crippen LogP contribution in [0.2, 0.25) is 0 Å². The van der Waals surface area contributed by atoms with Gasteiger partial charge in [-0.2, -0.15) is 0 Å². The van der Waals surface area contributed by atoms with Crippen molar-refractivity contribution in [2.75, 3.05) is 38.3 Å². The van der Waals surface area contributed by atoms with Gasteiger partial charge in [0.15, 0.2) is 5.13 Å². The number of morpholine rings is 1. The maximum atomic E-state index is 12.4. The number of amides is 2. The highest BCUT2D eigenvalue weighted by Crippen LogP contribution is 2.26. The molecular formula is C17H20N4O4S. The number of carbonyl (C=O) groups is 2. The zero-order chi connectivity index (χ0) is 18.5. The fourth-order valence-corrected chi connectivity index (χ4v) is 3.57. The van der Waals surface area contributed by atoms with Gasteiger partial charge in [-0.05, 0) is 19.1 Å². The average Bonchev–Trinajstić information content (AvgIpc) is 3.08. The molecule has 0 atom stereocenters. The summed E-state index contributed by atoms with van der Waals surface area (Å²) in [5.74, 6) is -0.419.